The SMILES string of the molecule is CON=C(c1cnn(C)c1)N1CC(Oc2ccc3c(c2C(=O)O)OB(O)CC3)C1. The fourth-order valence-electron chi connectivity index (χ4n) is 3.50. The van der Waals surface area contributed by atoms with Crippen molar-refractivity contribution in [2.75, 3.05) is 20.2 Å². The molecule has 0 radical (unpaired) electrons. The Morgan fingerprint density at radius 2 is 2.21 bits per heavy atom. The zero-order valence-corrected chi connectivity index (χ0v) is 16.1. The Balaban J connectivity index is 1.50. The summed E-state index contributed by atoms with van der Waals surface area (Å²) in [6, 6.07) is 3.43. The number of aromatic nitrogens is 2. The molecule has 0 amide bonds. The summed E-state index contributed by atoms with van der Waals surface area (Å²) < 4.78 is 13.0. The molecule has 0 bridgehead atoms. The number of hydrogen-bond acceptors (Lipinski definition) is 7. The largest absolute Gasteiger partial charge is 0.535 e. The molecule has 0 aliphatic carbocycles. The minimum atomic E-state index is -1.15. The summed E-state index contributed by atoms with van der Waals surface area (Å²) in [7, 11) is 2.28. The highest BCUT2D eigenvalue weighted by Gasteiger charge is 2.35. The number of nitrogens with zero attached hydrogens (tertiary/aromatic N) is 4. The molecular weight excluding hydrogens is 379 g/mol. The van der Waals surface area contributed by atoms with E-state index in [2.05, 4.69) is 10.3 Å². The number of rotatable bonds is 5. The van der Waals surface area contributed by atoms with Crippen molar-refractivity contribution >= 4 is 18.9 Å². The van der Waals surface area contributed by atoms with Crippen molar-refractivity contribution in [3.05, 3.63) is 41.2 Å². The van der Waals surface area contributed by atoms with Gasteiger partial charge in [-0.05, 0) is 24.4 Å². The van der Waals surface area contributed by atoms with Gasteiger partial charge in [0.2, 0.25) is 0 Å². The van der Waals surface area contributed by atoms with Gasteiger partial charge in [0.25, 0.3) is 0 Å². The molecule has 1 aromatic carbocycles. The van der Waals surface area contributed by atoms with Gasteiger partial charge in [-0.3, -0.25) is 4.68 Å². The van der Waals surface area contributed by atoms with Gasteiger partial charge in [-0.25, -0.2) is 4.79 Å². The van der Waals surface area contributed by atoms with E-state index in [1.807, 2.05) is 18.1 Å². The van der Waals surface area contributed by atoms with Crippen LogP contribution in [0, 0.1) is 0 Å². The Hall–Kier alpha value is -3.21. The second-order valence-electron chi connectivity index (χ2n) is 6.99. The highest BCUT2D eigenvalue weighted by atomic mass is 16.6. The van der Waals surface area contributed by atoms with Crippen LogP contribution in [0.25, 0.3) is 0 Å². The maximum atomic E-state index is 11.8. The first kappa shape index (κ1) is 19.1. The molecule has 29 heavy (non-hydrogen) atoms. The summed E-state index contributed by atoms with van der Waals surface area (Å²) in [6.07, 6.45) is 4.29. The van der Waals surface area contributed by atoms with Crippen molar-refractivity contribution in [2.24, 2.45) is 12.2 Å². The first-order chi connectivity index (χ1) is 14.0. The van der Waals surface area contributed by atoms with Crippen LogP contribution in [0.1, 0.15) is 21.5 Å². The number of carboxylic acids is 1. The molecule has 1 fully saturated rings. The Morgan fingerprint density at radius 1 is 1.41 bits per heavy atom. The van der Waals surface area contributed by atoms with E-state index in [1.54, 1.807) is 23.0 Å². The number of aryl methyl sites for hydroxylation is 2. The highest BCUT2D eigenvalue weighted by Crippen LogP contribution is 2.37. The van der Waals surface area contributed by atoms with Crippen molar-refractivity contribution < 1.29 is 29.2 Å². The van der Waals surface area contributed by atoms with Crippen LogP contribution in [0.15, 0.2) is 29.7 Å². The topological polar surface area (TPSA) is 119 Å². The fourth-order valence-corrected chi connectivity index (χ4v) is 3.50. The van der Waals surface area contributed by atoms with E-state index in [4.69, 9.17) is 14.2 Å². The summed E-state index contributed by atoms with van der Waals surface area (Å²) >= 11 is 0. The van der Waals surface area contributed by atoms with Crippen molar-refractivity contribution in [1.29, 1.82) is 0 Å². The van der Waals surface area contributed by atoms with Gasteiger partial charge in [0.15, 0.2) is 5.84 Å². The molecule has 3 heterocycles. The third kappa shape index (κ3) is 3.73. The van der Waals surface area contributed by atoms with E-state index in [0.29, 0.717) is 31.7 Å². The van der Waals surface area contributed by atoms with E-state index in [1.165, 1.54) is 7.11 Å². The Labute approximate surface area is 167 Å². The summed E-state index contributed by atoms with van der Waals surface area (Å²) in [4.78, 5) is 18.8. The van der Waals surface area contributed by atoms with Gasteiger partial charge < -0.3 is 29.3 Å². The van der Waals surface area contributed by atoms with Crippen molar-refractivity contribution in [3.8, 4) is 11.5 Å². The third-order valence-corrected chi connectivity index (χ3v) is 4.91. The fraction of sp³-hybridized carbons (Fsp3) is 0.389. The summed E-state index contributed by atoms with van der Waals surface area (Å²) in [5, 5.41) is 27.7. The lowest BCUT2D eigenvalue weighted by atomic mass is 9.78. The predicted octanol–water partition coefficient (Wildman–Crippen LogP) is 0.605. The number of fused-ring (bicyclic) bond motifs is 1. The maximum Gasteiger partial charge on any atom is 0.522 e. The van der Waals surface area contributed by atoms with Crippen LogP contribution in [0.3, 0.4) is 0 Å². The number of amidine groups is 1. The number of ether oxygens (including phenoxy) is 1. The minimum absolute atomic E-state index is 0.0576. The number of aromatic carboxylic acids is 1. The molecule has 152 valence electrons. The lowest BCUT2D eigenvalue weighted by Gasteiger charge is -2.40. The highest BCUT2D eigenvalue weighted by molar-refractivity contribution is 6.44. The van der Waals surface area contributed by atoms with Gasteiger partial charge in [0.1, 0.15) is 30.3 Å². The first-order valence-corrected chi connectivity index (χ1v) is 9.22. The normalized spacial score (nSPS) is 16.7. The van der Waals surface area contributed by atoms with Gasteiger partial charge in [-0.15, -0.1) is 0 Å². The molecule has 2 aliphatic heterocycles. The molecule has 4 rings (SSSR count). The molecule has 0 saturated carbocycles. The van der Waals surface area contributed by atoms with E-state index in [9.17, 15) is 14.9 Å². The van der Waals surface area contributed by atoms with Crippen LogP contribution in [-0.2, 0) is 18.3 Å². The zero-order chi connectivity index (χ0) is 20.5. The van der Waals surface area contributed by atoms with Crippen LogP contribution in [0.4, 0.5) is 0 Å². The Morgan fingerprint density at radius 3 is 2.86 bits per heavy atom. The number of hydrogen-bond donors (Lipinski definition) is 2. The van der Waals surface area contributed by atoms with Crippen LogP contribution in [-0.4, -0.2) is 70.0 Å². The van der Waals surface area contributed by atoms with Crippen LogP contribution < -0.4 is 9.39 Å². The molecule has 1 aromatic heterocycles. The molecule has 2 N–H and O–H groups in total. The van der Waals surface area contributed by atoms with Crippen molar-refractivity contribution in [1.82, 2.24) is 14.7 Å². The molecule has 2 aliphatic rings. The average molecular weight is 400 g/mol. The van der Waals surface area contributed by atoms with Crippen LogP contribution in [0.5, 0.6) is 11.5 Å². The van der Waals surface area contributed by atoms with Gasteiger partial charge in [0.05, 0.1) is 24.8 Å². The van der Waals surface area contributed by atoms with Gasteiger partial charge in [-0.2, -0.15) is 5.10 Å². The van der Waals surface area contributed by atoms with Gasteiger partial charge in [0, 0.05) is 13.2 Å². The zero-order valence-electron chi connectivity index (χ0n) is 16.1. The summed E-state index contributed by atoms with van der Waals surface area (Å²) in [6.45, 7) is 1.02. The second-order valence-corrected chi connectivity index (χ2v) is 6.99. The Bertz CT molecular complexity index is 956. The molecule has 2 aromatic rings. The second kappa shape index (κ2) is 7.67. The maximum absolute atomic E-state index is 11.8. The van der Waals surface area contributed by atoms with E-state index >= 15 is 0 Å². The third-order valence-electron chi connectivity index (χ3n) is 4.91. The lowest BCUT2D eigenvalue weighted by molar-refractivity contribution is 0.0579. The standard InChI is InChI=1S/C18H21BN4O6/c1-22-8-12(7-20-22)17(21-27-2)23-9-13(10-23)28-14-4-3-11-5-6-19(26)29-16(11)15(14)18(24)25/h3-4,7-8,13,26H,5-6,9-10H2,1-2H3,(H,24,25). The van der Waals surface area contributed by atoms with E-state index in [0.717, 1.165) is 11.1 Å². The molecule has 11 heteroatoms. The number of likely N-dealkylation sites (tertiary alicyclic amines) is 1. The minimum Gasteiger partial charge on any atom is -0.535 e. The average Bonchev–Trinajstić information content (AvgIpc) is 3.08. The molecule has 10 nitrogen and oxygen atoms in total. The molecule has 0 atom stereocenters. The molecule has 0 unspecified atom stereocenters. The number of carboxylic acid groups (broad SMARTS) is 1. The smallest absolute Gasteiger partial charge is 0.522 e. The quantitative estimate of drug-likeness (QED) is 0.324. The Kier molecular flexibility index (Phi) is 5.06. The summed E-state index contributed by atoms with van der Waals surface area (Å²) in [5.74, 6) is -0.113. The number of carbonyl (C=O) groups is 1. The number of benzene rings is 1. The molecular formula is C18H21BN4O6. The van der Waals surface area contributed by atoms with Gasteiger partial charge in [-0.1, -0.05) is 11.2 Å². The monoisotopic (exact) mass is 400 g/mol. The van der Waals surface area contributed by atoms with Crippen LogP contribution >= 0.6 is 0 Å². The van der Waals surface area contributed by atoms with Crippen molar-refractivity contribution in [2.45, 2.75) is 18.8 Å². The van der Waals surface area contributed by atoms with E-state index < -0.39 is 13.1 Å². The molecule has 0 spiro atoms. The predicted molar refractivity (Wildman–Crippen MR) is 103 cm³/mol. The summed E-state index contributed by atoms with van der Waals surface area (Å²) in [5.41, 5.74) is 1.51. The van der Waals surface area contributed by atoms with E-state index in [-0.39, 0.29) is 23.2 Å². The van der Waals surface area contributed by atoms with Gasteiger partial charge >= 0.3 is 13.1 Å². The van der Waals surface area contributed by atoms with Crippen LogP contribution in [0.2, 0.25) is 6.32 Å². The first-order valence-electron chi connectivity index (χ1n) is 9.22. The lowest BCUT2D eigenvalue weighted by Crippen LogP contribution is -2.56. The number of oxime groups is 1. The van der Waals surface area contributed by atoms with Crippen molar-refractivity contribution in [3.63, 3.8) is 0 Å². The molecule has 1 saturated heterocycles.